The molecule has 1 N–H and O–H groups in total. The lowest BCUT2D eigenvalue weighted by molar-refractivity contribution is 1.18. The van der Waals surface area contributed by atoms with Gasteiger partial charge in [-0.1, -0.05) is 84.9 Å². The van der Waals surface area contributed by atoms with Crippen LogP contribution in [0.4, 0.5) is 0 Å². The van der Waals surface area contributed by atoms with Crippen molar-refractivity contribution in [3.8, 4) is 16.8 Å². The number of rotatable bonds is 2. The third-order valence-corrected chi connectivity index (χ3v) is 9.34. The van der Waals surface area contributed by atoms with Crippen LogP contribution in [-0.4, -0.2) is 9.55 Å². The fourth-order valence-corrected chi connectivity index (χ4v) is 7.54. The third-order valence-electron chi connectivity index (χ3n) is 8.14. The van der Waals surface area contributed by atoms with Gasteiger partial charge in [-0.2, -0.15) is 0 Å². The molecule has 39 heavy (non-hydrogen) atoms. The van der Waals surface area contributed by atoms with Gasteiger partial charge >= 0.3 is 0 Å². The zero-order valence-electron chi connectivity index (χ0n) is 21.0. The molecule has 0 radical (unpaired) electrons. The minimum Gasteiger partial charge on any atom is -0.353 e. The zero-order valence-corrected chi connectivity index (χ0v) is 21.8. The van der Waals surface area contributed by atoms with E-state index in [1.165, 1.54) is 80.6 Å². The van der Waals surface area contributed by atoms with Crippen LogP contribution in [0.5, 0.6) is 0 Å². The first-order chi connectivity index (χ1) is 19.3. The summed E-state index contributed by atoms with van der Waals surface area (Å²) in [5, 5.41) is 7.77. The zero-order chi connectivity index (χ0) is 25.5. The molecule has 3 aromatic heterocycles. The topological polar surface area (TPSA) is 20.7 Å². The average molecular weight is 515 g/mol. The van der Waals surface area contributed by atoms with Gasteiger partial charge in [-0.15, -0.1) is 11.3 Å². The summed E-state index contributed by atoms with van der Waals surface area (Å²) in [4.78, 5) is 3.74. The Morgan fingerprint density at radius 3 is 2.10 bits per heavy atom. The van der Waals surface area contributed by atoms with Crippen LogP contribution in [-0.2, 0) is 0 Å². The van der Waals surface area contributed by atoms with Crippen molar-refractivity contribution in [2.45, 2.75) is 0 Å². The van der Waals surface area contributed by atoms with Crippen LogP contribution in [0.2, 0.25) is 0 Å². The number of nitrogens with zero attached hydrogens (tertiary/aromatic N) is 1. The van der Waals surface area contributed by atoms with Crippen LogP contribution < -0.4 is 0 Å². The maximum atomic E-state index is 3.74. The summed E-state index contributed by atoms with van der Waals surface area (Å²) in [5.41, 5.74) is 8.51. The van der Waals surface area contributed by atoms with Gasteiger partial charge in [0.2, 0.25) is 0 Å². The van der Waals surface area contributed by atoms with Crippen molar-refractivity contribution in [1.29, 1.82) is 0 Å². The van der Waals surface area contributed by atoms with E-state index in [9.17, 15) is 0 Å². The molecule has 2 nitrogen and oxygen atoms in total. The molecule has 0 atom stereocenters. The molecule has 6 aromatic carbocycles. The Morgan fingerprint density at radius 1 is 0.487 bits per heavy atom. The lowest BCUT2D eigenvalue weighted by Gasteiger charge is -2.09. The number of nitrogens with one attached hydrogen (secondary N) is 1. The van der Waals surface area contributed by atoms with Crippen molar-refractivity contribution >= 4 is 75.1 Å². The lowest BCUT2D eigenvalue weighted by atomic mass is 10.0. The van der Waals surface area contributed by atoms with Gasteiger partial charge in [0.05, 0.1) is 21.3 Å². The number of H-pyrrole nitrogens is 1. The molecule has 0 fully saturated rings. The number of hydrogen-bond acceptors (Lipinski definition) is 1. The number of fused-ring (bicyclic) bond motifs is 10. The number of aromatic amines is 1. The number of benzene rings is 6. The number of hydrogen-bond donors (Lipinski definition) is 1. The molecule has 0 aliphatic carbocycles. The molecule has 0 aliphatic heterocycles. The predicted molar refractivity (Wildman–Crippen MR) is 168 cm³/mol. The lowest BCUT2D eigenvalue weighted by Crippen LogP contribution is -1.93. The smallest absolute Gasteiger partial charge is 0.0646 e. The standard InChI is InChI=1S/C36H22N2S/c1-2-8-24(9-3-1)38-32-12-6-4-10-25(32)26-16-14-23(21-33(26)38)22-15-19-31-30(20-22)28-17-18-29-27-11-5-7-13-34(27)39-36(29)35(28)37-31/h1-21,37H. The first-order valence-electron chi connectivity index (χ1n) is 13.3. The second-order valence-electron chi connectivity index (χ2n) is 10.3. The Morgan fingerprint density at radius 2 is 1.18 bits per heavy atom. The second-order valence-corrected chi connectivity index (χ2v) is 11.3. The van der Waals surface area contributed by atoms with E-state index in [-0.39, 0.29) is 0 Å². The molecule has 0 bridgehead atoms. The number of thiophene rings is 1. The molecular weight excluding hydrogens is 492 g/mol. The molecule has 0 saturated carbocycles. The van der Waals surface area contributed by atoms with E-state index in [1.54, 1.807) is 0 Å². The summed E-state index contributed by atoms with van der Waals surface area (Å²) < 4.78 is 5.05. The highest BCUT2D eigenvalue weighted by Crippen LogP contribution is 2.41. The van der Waals surface area contributed by atoms with Crippen LogP contribution in [0.15, 0.2) is 127 Å². The molecule has 3 heterocycles. The Balaban J connectivity index is 1.28. The number of aromatic nitrogens is 2. The van der Waals surface area contributed by atoms with Gasteiger partial charge in [-0.25, -0.2) is 0 Å². The fourth-order valence-electron chi connectivity index (χ4n) is 6.33. The van der Waals surface area contributed by atoms with E-state index >= 15 is 0 Å². The van der Waals surface area contributed by atoms with Gasteiger partial charge in [0.1, 0.15) is 0 Å². The molecule has 0 spiro atoms. The van der Waals surface area contributed by atoms with E-state index in [4.69, 9.17) is 0 Å². The molecule has 182 valence electrons. The van der Waals surface area contributed by atoms with Crippen molar-refractivity contribution in [2.24, 2.45) is 0 Å². The highest BCUT2D eigenvalue weighted by molar-refractivity contribution is 7.26. The summed E-state index contributed by atoms with van der Waals surface area (Å²) in [6.45, 7) is 0. The molecule has 0 unspecified atom stereocenters. The summed E-state index contributed by atoms with van der Waals surface area (Å²) in [5.74, 6) is 0. The third kappa shape index (κ3) is 2.96. The molecule has 3 heteroatoms. The summed E-state index contributed by atoms with van der Waals surface area (Å²) in [6.07, 6.45) is 0. The van der Waals surface area contributed by atoms with Crippen LogP contribution in [0.1, 0.15) is 0 Å². The second kappa shape index (κ2) is 7.83. The Labute approximate surface area is 228 Å². The molecule has 9 aromatic rings. The van der Waals surface area contributed by atoms with Gasteiger partial charge in [0, 0.05) is 48.2 Å². The normalized spacial score (nSPS) is 12.1. The van der Waals surface area contributed by atoms with Crippen LogP contribution in [0.3, 0.4) is 0 Å². The maximum absolute atomic E-state index is 3.74. The monoisotopic (exact) mass is 514 g/mol. The van der Waals surface area contributed by atoms with Gasteiger partial charge in [0.25, 0.3) is 0 Å². The maximum Gasteiger partial charge on any atom is 0.0646 e. The van der Waals surface area contributed by atoms with Crippen LogP contribution in [0.25, 0.3) is 80.6 Å². The van der Waals surface area contributed by atoms with Gasteiger partial charge < -0.3 is 9.55 Å². The predicted octanol–water partition coefficient (Wildman–Crippen LogP) is 10.5. The first-order valence-corrected chi connectivity index (χ1v) is 14.1. The van der Waals surface area contributed by atoms with Crippen molar-refractivity contribution in [2.75, 3.05) is 0 Å². The highest BCUT2D eigenvalue weighted by Gasteiger charge is 2.15. The van der Waals surface area contributed by atoms with Gasteiger partial charge in [-0.05, 0) is 53.6 Å². The first kappa shape index (κ1) is 21.1. The average Bonchev–Trinajstić information content (AvgIpc) is 3.66. The summed E-state index contributed by atoms with van der Waals surface area (Å²) >= 11 is 1.88. The summed E-state index contributed by atoms with van der Waals surface area (Å²) in [6, 6.07) is 46.4. The van der Waals surface area contributed by atoms with Crippen molar-refractivity contribution in [3.05, 3.63) is 127 Å². The van der Waals surface area contributed by atoms with Gasteiger partial charge in [-0.3, -0.25) is 0 Å². The largest absolute Gasteiger partial charge is 0.353 e. The molecular formula is C36H22N2S. The van der Waals surface area contributed by atoms with E-state index in [0.717, 1.165) is 0 Å². The molecule has 0 saturated heterocycles. The molecule has 9 rings (SSSR count). The van der Waals surface area contributed by atoms with E-state index in [1.807, 2.05) is 11.3 Å². The van der Waals surface area contributed by atoms with E-state index in [0.29, 0.717) is 0 Å². The quantitative estimate of drug-likeness (QED) is 0.237. The Kier molecular flexibility index (Phi) is 4.24. The van der Waals surface area contributed by atoms with Crippen LogP contribution in [0, 0.1) is 0 Å². The van der Waals surface area contributed by atoms with E-state index in [2.05, 4.69) is 137 Å². The van der Waals surface area contributed by atoms with Crippen molar-refractivity contribution < 1.29 is 0 Å². The Bertz CT molecular complexity index is 2390. The van der Waals surface area contributed by atoms with Crippen molar-refractivity contribution in [3.63, 3.8) is 0 Å². The Hall–Kier alpha value is -4.86. The van der Waals surface area contributed by atoms with E-state index < -0.39 is 0 Å². The SMILES string of the molecule is c1ccc(-n2c3ccccc3c3ccc(-c4ccc5[nH]c6c(ccc7c8ccccc8sc76)c5c4)cc32)cc1. The summed E-state index contributed by atoms with van der Waals surface area (Å²) in [7, 11) is 0. The number of para-hydroxylation sites is 2. The fraction of sp³-hybridized carbons (Fsp3) is 0. The highest BCUT2D eigenvalue weighted by atomic mass is 32.1. The van der Waals surface area contributed by atoms with Crippen molar-refractivity contribution in [1.82, 2.24) is 9.55 Å². The minimum absolute atomic E-state index is 1.18. The van der Waals surface area contributed by atoms with Crippen LogP contribution >= 0.6 is 11.3 Å². The molecule has 0 amide bonds. The minimum atomic E-state index is 1.18. The van der Waals surface area contributed by atoms with Gasteiger partial charge in [0.15, 0.2) is 0 Å². The molecule has 0 aliphatic rings.